The molecule has 1 aliphatic rings. The zero-order valence-corrected chi connectivity index (χ0v) is 16.4. The third-order valence-corrected chi connectivity index (χ3v) is 5.96. The Morgan fingerprint density at radius 1 is 1.32 bits per heavy atom. The van der Waals surface area contributed by atoms with Crippen LogP contribution in [0.15, 0.2) is 24.3 Å². The summed E-state index contributed by atoms with van der Waals surface area (Å²) in [5.41, 5.74) is -0.901. The van der Waals surface area contributed by atoms with Gasteiger partial charge in [0.1, 0.15) is 0 Å². The Morgan fingerprint density at radius 3 is 2.75 bits per heavy atom. The second kappa shape index (κ2) is 7.04. The molecule has 0 radical (unpaired) electrons. The topological polar surface area (TPSA) is 50.5 Å². The predicted molar refractivity (Wildman–Crippen MR) is 101 cm³/mol. The number of likely N-dealkylation sites (tertiary alicyclic amines) is 1. The lowest BCUT2D eigenvalue weighted by Gasteiger charge is -2.30. The number of alkyl halides is 3. The van der Waals surface area contributed by atoms with E-state index in [2.05, 4.69) is 10.1 Å². The summed E-state index contributed by atoms with van der Waals surface area (Å²) >= 11 is 7.04. The molecule has 3 aromatic heterocycles. The van der Waals surface area contributed by atoms with Gasteiger partial charge in [0.2, 0.25) is 0 Å². The molecule has 0 aliphatic carbocycles. The van der Waals surface area contributed by atoms with Crippen molar-refractivity contribution >= 4 is 34.5 Å². The van der Waals surface area contributed by atoms with Crippen LogP contribution in [0.5, 0.6) is 0 Å². The Balaban J connectivity index is 1.80. The zero-order valence-electron chi connectivity index (χ0n) is 14.8. The van der Waals surface area contributed by atoms with Crippen LogP contribution >= 0.6 is 22.9 Å². The summed E-state index contributed by atoms with van der Waals surface area (Å²) in [4.78, 5) is 19.2. The summed E-state index contributed by atoms with van der Waals surface area (Å²) in [5.74, 6) is -0.0142. The summed E-state index contributed by atoms with van der Waals surface area (Å²) in [5, 5.41) is 3.94. The third-order valence-electron chi connectivity index (χ3n) is 4.71. The number of hydrogen-bond acceptors (Lipinski definition) is 4. The van der Waals surface area contributed by atoms with Gasteiger partial charge < -0.3 is 4.90 Å². The Morgan fingerprint density at radius 2 is 2.11 bits per heavy atom. The summed E-state index contributed by atoms with van der Waals surface area (Å²) in [6, 6.07) is 5.46. The number of fused-ring (bicyclic) bond motifs is 1. The number of aromatic nitrogens is 3. The highest BCUT2D eigenvalue weighted by atomic mass is 35.5. The van der Waals surface area contributed by atoms with Gasteiger partial charge in [-0.2, -0.15) is 18.3 Å². The number of carbonyl (C=O) groups excluding carboxylic acids is 1. The Kier molecular flexibility index (Phi) is 4.83. The van der Waals surface area contributed by atoms with Gasteiger partial charge in [-0.1, -0.05) is 18.5 Å². The van der Waals surface area contributed by atoms with E-state index >= 15 is 0 Å². The lowest BCUT2D eigenvalue weighted by atomic mass is 10.0. The quantitative estimate of drug-likeness (QED) is 0.577. The first kappa shape index (κ1) is 19.2. The van der Waals surface area contributed by atoms with Crippen molar-refractivity contribution < 1.29 is 18.0 Å². The van der Waals surface area contributed by atoms with Crippen LogP contribution in [0, 0.1) is 5.92 Å². The molecule has 0 N–H and O–H groups in total. The molecule has 4 heterocycles. The van der Waals surface area contributed by atoms with Crippen LogP contribution in [0.1, 0.15) is 35.9 Å². The van der Waals surface area contributed by atoms with Gasteiger partial charge in [-0.05, 0) is 37.0 Å². The van der Waals surface area contributed by atoms with Gasteiger partial charge in [-0.15, -0.1) is 11.3 Å². The van der Waals surface area contributed by atoms with E-state index in [1.54, 1.807) is 17.0 Å². The number of rotatable bonds is 2. The van der Waals surface area contributed by atoms with Crippen molar-refractivity contribution in [1.82, 2.24) is 19.5 Å². The first-order chi connectivity index (χ1) is 13.2. The van der Waals surface area contributed by atoms with Crippen LogP contribution < -0.4 is 0 Å². The molecule has 3 aromatic rings. The molecule has 148 valence electrons. The molecule has 1 fully saturated rings. The summed E-state index contributed by atoms with van der Waals surface area (Å²) in [6.07, 6.45) is -2.75. The summed E-state index contributed by atoms with van der Waals surface area (Å²) < 4.78 is 42.0. The van der Waals surface area contributed by atoms with Gasteiger partial charge >= 0.3 is 6.18 Å². The molecular formula is C18H16ClF3N4OS. The highest BCUT2D eigenvalue weighted by Crippen LogP contribution is 2.35. The van der Waals surface area contributed by atoms with E-state index in [1.165, 1.54) is 6.07 Å². The van der Waals surface area contributed by atoms with Crippen LogP contribution in [0.25, 0.3) is 16.2 Å². The molecule has 1 amide bonds. The van der Waals surface area contributed by atoms with Crippen molar-refractivity contribution in [2.45, 2.75) is 25.9 Å². The second-order valence-corrected chi connectivity index (χ2v) is 8.64. The molecule has 28 heavy (non-hydrogen) atoms. The fraction of sp³-hybridized carbons (Fsp3) is 0.389. The van der Waals surface area contributed by atoms with Crippen molar-refractivity contribution in [2.24, 2.45) is 5.92 Å². The lowest BCUT2D eigenvalue weighted by molar-refractivity contribution is -0.142. The molecule has 0 saturated carbocycles. The van der Waals surface area contributed by atoms with Crippen molar-refractivity contribution in [3.05, 3.63) is 40.0 Å². The molecule has 4 rings (SSSR count). The number of piperidine rings is 1. The van der Waals surface area contributed by atoms with Crippen LogP contribution in [-0.2, 0) is 6.18 Å². The molecule has 0 bridgehead atoms. The van der Waals surface area contributed by atoms with Gasteiger partial charge in [0.15, 0.2) is 17.0 Å². The van der Waals surface area contributed by atoms with Gasteiger partial charge in [0.25, 0.3) is 5.91 Å². The molecule has 10 heteroatoms. The molecule has 1 unspecified atom stereocenters. The van der Waals surface area contributed by atoms with E-state index in [0.717, 1.165) is 30.2 Å². The maximum Gasteiger partial charge on any atom is 0.433 e. The minimum atomic E-state index is -4.65. The highest BCUT2D eigenvalue weighted by Gasteiger charge is 2.36. The SMILES string of the molecule is CC1CCCN(C(=O)c2cc3nc(-c4ccc(Cl)s4)cc(C(F)(F)F)n3n2)C1. The monoisotopic (exact) mass is 428 g/mol. The molecule has 1 atom stereocenters. The van der Waals surface area contributed by atoms with Gasteiger partial charge in [-0.3, -0.25) is 4.79 Å². The average Bonchev–Trinajstić information content (AvgIpc) is 3.25. The van der Waals surface area contributed by atoms with Crippen molar-refractivity contribution in [1.29, 1.82) is 0 Å². The first-order valence-electron chi connectivity index (χ1n) is 8.75. The molecule has 0 aromatic carbocycles. The summed E-state index contributed by atoms with van der Waals surface area (Å²) in [7, 11) is 0. The predicted octanol–water partition coefficient (Wildman–Crippen LogP) is 5.00. The smallest absolute Gasteiger partial charge is 0.337 e. The highest BCUT2D eigenvalue weighted by molar-refractivity contribution is 7.19. The Bertz CT molecular complexity index is 1050. The van der Waals surface area contributed by atoms with Crippen LogP contribution in [0.4, 0.5) is 13.2 Å². The number of amides is 1. The molecule has 0 spiro atoms. The Hall–Kier alpha value is -2.13. The van der Waals surface area contributed by atoms with E-state index in [-0.39, 0.29) is 22.9 Å². The van der Waals surface area contributed by atoms with Gasteiger partial charge in [-0.25, -0.2) is 9.50 Å². The fourth-order valence-corrected chi connectivity index (χ4v) is 4.40. The van der Waals surface area contributed by atoms with Crippen molar-refractivity contribution in [2.75, 3.05) is 13.1 Å². The normalized spacial score (nSPS) is 18.0. The maximum atomic E-state index is 13.6. The van der Waals surface area contributed by atoms with Gasteiger partial charge in [0, 0.05) is 19.2 Å². The van der Waals surface area contributed by atoms with Crippen LogP contribution in [0.3, 0.4) is 0 Å². The first-order valence-corrected chi connectivity index (χ1v) is 9.95. The largest absolute Gasteiger partial charge is 0.433 e. The van der Waals surface area contributed by atoms with E-state index in [9.17, 15) is 18.0 Å². The minimum Gasteiger partial charge on any atom is -0.337 e. The van der Waals surface area contributed by atoms with E-state index in [4.69, 9.17) is 11.6 Å². The zero-order chi connectivity index (χ0) is 20.1. The second-order valence-electron chi connectivity index (χ2n) is 6.93. The molecule has 1 aliphatic heterocycles. The van der Waals surface area contributed by atoms with Gasteiger partial charge in [0.05, 0.1) is 14.9 Å². The number of halogens is 4. The molecular weight excluding hydrogens is 413 g/mol. The number of hydrogen-bond donors (Lipinski definition) is 0. The minimum absolute atomic E-state index is 0.0252. The Labute approximate surface area is 167 Å². The van der Waals surface area contributed by atoms with Crippen LogP contribution in [0.2, 0.25) is 4.34 Å². The number of nitrogens with zero attached hydrogens (tertiary/aromatic N) is 4. The fourth-order valence-electron chi connectivity index (χ4n) is 3.39. The number of thiophene rings is 1. The van der Waals surface area contributed by atoms with Crippen molar-refractivity contribution in [3.8, 4) is 10.6 Å². The standard InChI is InChI=1S/C18H16ClF3N4OS/c1-10-3-2-6-25(9-10)17(27)12-8-16-23-11(13-4-5-15(19)28-13)7-14(18(20,21)22)26(16)24-12/h4-5,7-8,10H,2-3,6,9H2,1H3. The van der Waals surface area contributed by atoms with E-state index in [1.807, 2.05) is 6.92 Å². The van der Waals surface area contributed by atoms with E-state index < -0.39 is 11.9 Å². The van der Waals surface area contributed by atoms with E-state index in [0.29, 0.717) is 32.7 Å². The molecule has 5 nitrogen and oxygen atoms in total. The average molecular weight is 429 g/mol. The van der Waals surface area contributed by atoms with Crippen molar-refractivity contribution in [3.63, 3.8) is 0 Å². The van der Waals surface area contributed by atoms with Crippen LogP contribution in [-0.4, -0.2) is 38.5 Å². The lowest BCUT2D eigenvalue weighted by Crippen LogP contribution is -2.39. The molecule has 1 saturated heterocycles. The summed E-state index contributed by atoms with van der Waals surface area (Å²) in [6.45, 7) is 3.20. The maximum absolute atomic E-state index is 13.6. The number of carbonyl (C=O) groups is 1. The third kappa shape index (κ3) is 3.60.